The van der Waals surface area contributed by atoms with Crippen LogP contribution in [0.2, 0.25) is 0 Å². The van der Waals surface area contributed by atoms with E-state index in [1.807, 2.05) is 41.2 Å². The quantitative estimate of drug-likeness (QED) is 0.759. The Kier molecular flexibility index (Phi) is 4.57. The first-order valence-electron chi connectivity index (χ1n) is 7.89. The van der Waals surface area contributed by atoms with Crippen LogP contribution in [0.25, 0.3) is 16.7 Å². The van der Waals surface area contributed by atoms with Gasteiger partial charge in [0.05, 0.1) is 17.9 Å². The Hall–Kier alpha value is -2.40. The summed E-state index contributed by atoms with van der Waals surface area (Å²) in [5.41, 5.74) is 7.07. The van der Waals surface area contributed by atoms with Crippen molar-refractivity contribution in [3.63, 3.8) is 0 Å². The fraction of sp³-hybridized carbons (Fsp3) is 0.333. The summed E-state index contributed by atoms with van der Waals surface area (Å²) in [6.07, 6.45) is 8.31. The summed E-state index contributed by atoms with van der Waals surface area (Å²) in [5, 5.41) is 1.14. The standard InChI is InChI=1S/C18H22N4O/c1-13(2)9-15(19)12-23-16-3-4-18(21-10-16)22-8-6-14-5-7-20-11-17(14)22/h3-8,10-11,13,15H,9,12,19H2,1-2H3/t15-/m0/s1. The summed E-state index contributed by atoms with van der Waals surface area (Å²) >= 11 is 0. The highest BCUT2D eigenvalue weighted by molar-refractivity contribution is 5.80. The predicted octanol–water partition coefficient (Wildman–Crippen LogP) is 3.17. The molecule has 0 amide bonds. The number of aromatic nitrogens is 3. The smallest absolute Gasteiger partial charge is 0.137 e. The lowest BCUT2D eigenvalue weighted by molar-refractivity contribution is 0.270. The van der Waals surface area contributed by atoms with Gasteiger partial charge in [-0.3, -0.25) is 9.55 Å². The van der Waals surface area contributed by atoms with Crippen molar-refractivity contribution in [1.29, 1.82) is 0 Å². The third-order valence-electron chi connectivity index (χ3n) is 3.70. The van der Waals surface area contributed by atoms with E-state index in [1.54, 1.807) is 12.4 Å². The molecule has 2 N–H and O–H groups in total. The average molecular weight is 310 g/mol. The van der Waals surface area contributed by atoms with E-state index in [1.165, 1.54) is 0 Å². The minimum Gasteiger partial charge on any atom is -0.490 e. The van der Waals surface area contributed by atoms with E-state index in [4.69, 9.17) is 10.5 Å². The van der Waals surface area contributed by atoms with Crippen LogP contribution in [0.3, 0.4) is 0 Å². The number of pyridine rings is 2. The molecule has 3 aromatic rings. The van der Waals surface area contributed by atoms with Crippen LogP contribution in [-0.4, -0.2) is 27.2 Å². The zero-order valence-electron chi connectivity index (χ0n) is 13.5. The number of nitrogens with two attached hydrogens (primary N) is 1. The first-order chi connectivity index (χ1) is 11.1. The van der Waals surface area contributed by atoms with Crippen molar-refractivity contribution in [2.75, 3.05) is 6.61 Å². The topological polar surface area (TPSA) is 66.0 Å². The van der Waals surface area contributed by atoms with Gasteiger partial charge in [0, 0.05) is 23.8 Å². The maximum atomic E-state index is 6.04. The highest BCUT2D eigenvalue weighted by Crippen LogP contribution is 2.19. The summed E-state index contributed by atoms with van der Waals surface area (Å²) in [7, 11) is 0. The number of hydrogen-bond donors (Lipinski definition) is 1. The summed E-state index contributed by atoms with van der Waals surface area (Å²) < 4.78 is 7.73. The fourth-order valence-corrected chi connectivity index (χ4v) is 2.65. The van der Waals surface area contributed by atoms with Gasteiger partial charge in [-0.05, 0) is 36.6 Å². The van der Waals surface area contributed by atoms with Gasteiger partial charge in [0.1, 0.15) is 18.2 Å². The molecule has 0 aliphatic carbocycles. The van der Waals surface area contributed by atoms with E-state index in [-0.39, 0.29) is 6.04 Å². The van der Waals surface area contributed by atoms with Crippen molar-refractivity contribution in [2.45, 2.75) is 26.3 Å². The number of fused-ring (bicyclic) bond motifs is 1. The molecule has 0 bridgehead atoms. The summed E-state index contributed by atoms with van der Waals surface area (Å²) in [6, 6.07) is 7.95. The molecule has 3 rings (SSSR count). The molecule has 0 aromatic carbocycles. The van der Waals surface area contributed by atoms with Crippen molar-refractivity contribution in [1.82, 2.24) is 14.5 Å². The van der Waals surface area contributed by atoms with E-state index in [0.717, 1.165) is 28.9 Å². The number of nitrogens with zero attached hydrogens (tertiary/aromatic N) is 3. The van der Waals surface area contributed by atoms with Crippen LogP contribution in [0.15, 0.2) is 49.1 Å². The van der Waals surface area contributed by atoms with Crippen LogP contribution < -0.4 is 10.5 Å². The Morgan fingerprint density at radius 2 is 2.04 bits per heavy atom. The second-order valence-corrected chi connectivity index (χ2v) is 6.17. The third-order valence-corrected chi connectivity index (χ3v) is 3.70. The van der Waals surface area contributed by atoms with Gasteiger partial charge in [0.25, 0.3) is 0 Å². The Labute approximate surface area is 136 Å². The van der Waals surface area contributed by atoms with E-state index in [0.29, 0.717) is 12.5 Å². The second kappa shape index (κ2) is 6.79. The predicted molar refractivity (Wildman–Crippen MR) is 91.8 cm³/mol. The molecule has 0 aliphatic heterocycles. The van der Waals surface area contributed by atoms with Crippen molar-refractivity contribution in [3.05, 3.63) is 49.1 Å². The summed E-state index contributed by atoms with van der Waals surface area (Å²) in [4.78, 5) is 8.65. The van der Waals surface area contributed by atoms with Crippen molar-refractivity contribution >= 4 is 10.9 Å². The van der Waals surface area contributed by atoms with Crippen LogP contribution in [0.5, 0.6) is 5.75 Å². The minimum absolute atomic E-state index is 0.0501. The molecular formula is C18H22N4O. The Morgan fingerprint density at radius 1 is 1.17 bits per heavy atom. The monoisotopic (exact) mass is 310 g/mol. The molecule has 3 aromatic heterocycles. The lowest BCUT2D eigenvalue weighted by atomic mass is 10.1. The van der Waals surface area contributed by atoms with E-state index >= 15 is 0 Å². The van der Waals surface area contributed by atoms with Gasteiger partial charge in [-0.15, -0.1) is 0 Å². The second-order valence-electron chi connectivity index (χ2n) is 6.17. The first-order valence-corrected chi connectivity index (χ1v) is 7.89. The maximum Gasteiger partial charge on any atom is 0.137 e. The highest BCUT2D eigenvalue weighted by atomic mass is 16.5. The molecule has 3 heterocycles. The van der Waals surface area contributed by atoms with Crippen LogP contribution in [-0.2, 0) is 0 Å². The molecule has 23 heavy (non-hydrogen) atoms. The summed E-state index contributed by atoms with van der Waals surface area (Å²) in [6.45, 7) is 4.83. The van der Waals surface area contributed by atoms with Gasteiger partial charge in [-0.2, -0.15) is 0 Å². The molecule has 5 nitrogen and oxygen atoms in total. The molecule has 5 heteroatoms. The molecule has 0 spiro atoms. The van der Waals surface area contributed by atoms with Gasteiger partial charge >= 0.3 is 0 Å². The van der Waals surface area contributed by atoms with Crippen molar-refractivity contribution < 1.29 is 4.74 Å². The number of hydrogen-bond acceptors (Lipinski definition) is 4. The lowest BCUT2D eigenvalue weighted by Crippen LogP contribution is -2.29. The first kappa shape index (κ1) is 15.5. The molecule has 0 saturated heterocycles. The van der Waals surface area contributed by atoms with E-state index < -0.39 is 0 Å². The average Bonchev–Trinajstić information content (AvgIpc) is 2.97. The van der Waals surface area contributed by atoms with Gasteiger partial charge in [0.15, 0.2) is 0 Å². The molecule has 0 aliphatic rings. The third kappa shape index (κ3) is 3.68. The van der Waals surface area contributed by atoms with Gasteiger partial charge < -0.3 is 10.5 Å². The highest BCUT2D eigenvalue weighted by Gasteiger charge is 2.08. The Bertz CT molecular complexity index is 764. The number of rotatable bonds is 6. The van der Waals surface area contributed by atoms with Gasteiger partial charge in [-0.1, -0.05) is 13.8 Å². The van der Waals surface area contributed by atoms with Crippen LogP contribution in [0.4, 0.5) is 0 Å². The SMILES string of the molecule is CC(C)C[C@H](N)COc1ccc(-n2ccc3ccncc32)nc1. The van der Waals surface area contributed by atoms with E-state index in [9.17, 15) is 0 Å². The Balaban J connectivity index is 1.70. The number of ether oxygens (including phenoxy) is 1. The molecule has 1 atom stereocenters. The maximum absolute atomic E-state index is 6.04. The molecule has 0 radical (unpaired) electrons. The molecule has 0 unspecified atom stereocenters. The van der Waals surface area contributed by atoms with E-state index in [2.05, 4.69) is 23.8 Å². The molecule has 120 valence electrons. The normalized spacial score (nSPS) is 12.7. The van der Waals surface area contributed by atoms with Crippen molar-refractivity contribution in [3.8, 4) is 11.6 Å². The molecule has 0 fully saturated rings. The lowest BCUT2D eigenvalue weighted by Gasteiger charge is -2.15. The van der Waals surface area contributed by atoms with Gasteiger partial charge in [0.2, 0.25) is 0 Å². The zero-order valence-corrected chi connectivity index (χ0v) is 13.5. The summed E-state index contributed by atoms with van der Waals surface area (Å²) in [5.74, 6) is 2.15. The Morgan fingerprint density at radius 3 is 2.78 bits per heavy atom. The zero-order chi connectivity index (χ0) is 16.2. The fourth-order valence-electron chi connectivity index (χ4n) is 2.65. The molecule has 0 saturated carbocycles. The largest absolute Gasteiger partial charge is 0.490 e. The molecular weight excluding hydrogens is 288 g/mol. The van der Waals surface area contributed by atoms with Gasteiger partial charge in [-0.25, -0.2) is 4.98 Å². The van der Waals surface area contributed by atoms with Crippen molar-refractivity contribution in [2.24, 2.45) is 11.7 Å². The van der Waals surface area contributed by atoms with Crippen LogP contribution in [0.1, 0.15) is 20.3 Å². The minimum atomic E-state index is 0.0501. The van der Waals surface area contributed by atoms with Crippen LogP contribution >= 0.6 is 0 Å². The van der Waals surface area contributed by atoms with Crippen LogP contribution in [0, 0.1) is 5.92 Å².